The lowest BCUT2D eigenvalue weighted by atomic mass is 10.0. The smallest absolute Gasteiger partial charge is 0.307 e. The summed E-state index contributed by atoms with van der Waals surface area (Å²) in [5, 5.41) is 14.0. The average molecular weight is 509 g/mol. The van der Waals surface area contributed by atoms with Crippen LogP contribution in [0.3, 0.4) is 0 Å². The third-order valence-corrected chi connectivity index (χ3v) is 7.80. The van der Waals surface area contributed by atoms with E-state index in [-0.39, 0.29) is 23.8 Å². The maximum atomic E-state index is 13.8. The highest BCUT2D eigenvalue weighted by atomic mass is 32.2. The molecule has 0 aliphatic carbocycles. The normalized spacial score (nSPS) is 12.2. The molecule has 0 aliphatic rings. The van der Waals surface area contributed by atoms with Gasteiger partial charge in [-0.05, 0) is 59.4 Å². The number of rotatable bonds is 12. The Balaban J connectivity index is 1.94. The molecular weight excluding hydrogens is 476 g/mol. The summed E-state index contributed by atoms with van der Waals surface area (Å²) in [5.41, 5.74) is 3.46. The summed E-state index contributed by atoms with van der Waals surface area (Å²) in [5.74, 6) is -1.30. The van der Waals surface area contributed by atoms with Crippen LogP contribution in [0.5, 0.6) is 0 Å². The molecule has 0 aromatic heterocycles. The van der Waals surface area contributed by atoms with Crippen LogP contribution in [0, 0.1) is 0 Å². The Morgan fingerprint density at radius 2 is 1.56 bits per heavy atom. The van der Waals surface area contributed by atoms with Gasteiger partial charge >= 0.3 is 5.97 Å². The van der Waals surface area contributed by atoms with Crippen molar-refractivity contribution in [2.45, 2.75) is 56.3 Å². The van der Waals surface area contributed by atoms with Gasteiger partial charge in [-0.3, -0.25) is 14.9 Å². The summed E-state index contributed by atoms with van der Waals surface area (Å²) < 4.78 is 27.6. The van der Waals surface area contributed by atoms with Crippen molar-refractivity contribution in [3.8, 4) is 0 Å². The van der Waals surface area contributed by atoms with Gasteiger partial charge < -0.3 is 10.4 Å². The predicted octanol–water partition coefficient (Wildman–Crippen LogP) is 4.88. The van der Waals surface area contributed by atoms with Crippen LogP contribution >= 0.6 is 0 Å². The number of nitrogens with one attached hydrogen (secondary N) is 2. The first-order chi connectivity index (χ1) is 17.2. The lowest BCUT2D eigenvalue weighted by Crippen LogP contribution is -2.30. The Kier molecular flexibility index (Phi) is 9.38. The predicted molar refractivity (Wildman–Crippen MR) is 140 cm³/mol. The average Bonchev–Trinajstić information content (AvgIpc) is 2.84. The first kappa shape index (κ1) is 27.1. The number of sulfone groups is 1. The quantitative estimate of drug-likeness (QED) is 0.322. The van der Waals surface area contributed by atoms with Crippen LogP contribution in [0.15, 0.2) is 77.7 Å². The van der Waals surface area contributed by atoms with E-state index in [0.717, 1.165) is 24.8 Å². The molecule has 0 bridgehead atoms. The van der Waals surface area contributed by atoms with Crippen LogP contribution in [0.4, 0.5) is 5.69 Å². The van der Waals surface area contributed by atoms with E-state index in [0.29, 0.717) is 16.8 Å². The van der Waals surface area contributed by atoms with Gasteiger partial charge in [0.25, 0.3) is 0 Å². The number of hydrogen-bond donors (Lipinski definition) is 3. The largest absolute Gasteiger partial charge is 0.481 e. The number of aryl methyl sites for hydroxylation is 1. The van der Waals surface area contributed by atoms with Crippen LogP contribution in [0.25, 0.3) is 0 Å². The van der Waals surface area contributed by atoms with Crippen molar-refractivity contribution < 1.29 is 23.1 Å². The molecule has 3 rings (SSSR count). The second kappa shape index (κ2) is 12.5. The summed E-state index contributed by atoms with van der Waals surface area (Å²) in [6, 6.07) is 20.7. The first-order valence-electron chi connectivity index (χ1n) is 11.9. The molecule has 7 nitrogen and oxygen atoms in total. The molecule has 190 valence electrons. The number of carbonyl (C=O) groups is 2. The Hall–Kier alpha value is -3.49. The second-order valence-corrected chi connectivity index (χ2v) is 10.7. The Morgan fingerprint density at radius 3 is 2.17 bits per heavy atom. The topological polar surface area (TPSA) is 113 Å². The van der Waals surface area contributed by atoms with Crippen molar-refractivity contribution >= 4 is 27.4 Å². The van der Waals surface area contributed by atoms with E-state index in [4.69, 9.17) is 0 Å². The van der Waals surface area contributed by atoms with Gasteiger partial charge in [0.2, 0.25) is 5.91 Å². The third-order valence-electron chi connectivity index (χ3n) is 5.83. The van der Waals surface area contributed by atoms with Gasteiger partial charge in [-0.2, -0.15) is 0 Å². The van der Waals surface area contributed by atoms with Crippen molar-refractivity contribution in [3.05, 3.63) is 95.1 Å². The van der Waals surface area contributed by atoms with Crippen LogP contribution in [-0.2, 0) is 38.8 Å². The van der Waals surface area contributed by atoms with Crippen LogP contribution in [-0.4, -0.2) is 25.4 Å². The summed E-state index contributed by atoms with van der Waals surface area (Å²) >= 11 is 0. The number of benzene rings is 3. The Labute approximate surface area is 212 Å². The molecule has 0 radical (unpaired) electrons. The summed E-state index contributed by atoms with van der Waals surface area (Å²) in [7, 11) is -3.96. The lowest BCUT2D eigenvalue weighted by molar-refractivity contribution is -0.136. The number of carboxylic acids is 1. The first-order valence-corrected chi connectivity index (χ1v) is 13.5. The van der Waals surface area contributed by atoms with E-state index in [1.807, 2.05) is 12.1 Å². The van der Waals surface area contributed by atoms with E-state index in [2.05, 4.69) is 29.7 Å². The van der Waals surface area contributed by atoms with Crippen molar-refractivity contribution in [2.75, 3.05) is 5.32 Å². The zero-order valence-corrected chi connectivity index (χ0v) is 21.3. The molecule has 0 aliphatic heterocycles. The lowest BCUT2D eigenvalue weighted by Gasteiger charge is -2.22. The fraction of sp³-hybridized carbons (Fsp3) is 0.286. The SMILES string of the molecule is CCCCc1ccc(CNC(c2ccccc2CC(=O)O)S(=O)(=O)c2ccc(NC(C)=O)cc2)cc1. The summed E-state index contributed by atoms with van der Waals surface area (Å²) in [4.78, 5) is 22.9. The van der Waals surface area contributed by atoms with Crippen LogP contribution in [0.1, 0.15) is 54.3 Å². The number of hydrogen-bond acceptors (Lipinski definition) is 5. The van der Waals surface area contributed by atoms with E-state index >= 15 is 0 Å². The van der Waals surface area contributed by atoms with Gasteiger partial charge in [0.15, 0.2) is 9.84 Å². The number of anilines is 1. The molecule has 3 N–H and O–H groups in total. The molecule has 0 spiro atoms. The minimum atomic E-state index is -3.96. The zero-order chi connectivity index (χ0) is 26.1. The van der Waals surface area contributed by atoms with Gasteiger partial charge in [-0.15, -0.1) is 0 Å². The minimum Gasteiger partial charge on any atom is -0.481 e. The molecule has 36 heavy (non-hydrogen) atoms. The van der Waals surface area contributed by atoms with Crippen molar-refractivity contribution in [1.82, 2.24) is 5.32 Å². The maximum Gasteiger partial charge on any atom is 0.307 e. The van der Waals surface area contributed by atoms with Crippen molar-refractivity contribution in [2.24, 2.45) is 0 Å². The molecule has 0 saturated carbocycles. The van der Waals surface area contributed by atoms with Crippen LogP contribution < -0.4 is 10.6 Å². The van der Waals surface area contributed by atoms with E-state index < -0.39 is 21.2 Å². The highest BCUT2D eigenvalue weighted by Crippen LogP contribution is 2.30. The minimum absolute atomic E-state index is 0.0640. The molecule has 1 amide bonds. The van der Waals surface area contributed by atoms with Gasteiger partial charge in [0.1, 0.15) is 5.37 Å². The number of amides is 1. The van der Waals surface area contributed by atoms with Gasteiger partial charge in [-0.25, -0.2) is 8.42 Å². The van der Waals surface area contributed by atoms with Gasteiger partial charge in [-0.1, -0.05) is 61.9 Å². The van der Waals surface area contributed by atoms with E-state index in [9.17, 15) is 23.1 Å². The molecular formula is C28H32N2O5S. The molecule has 3 aromatic carbocycles. The van der Waals surface area contributed by atoms with Crippen molar-refractivity contribution in [3.63, 3.8) is 0 Å². The fourth-order valence-electron chi connectivity index (χ4n) is 3.98. The standard InChI is InChI=1S/C28H32N2O5S/c1-3-4-7-21-10-12-22(13-11-21)19-29-28(26-9-6-5-8-23(26)18-27(32)33)36(34,35)25-16-14-24(15-17-25)30-20(2)31/h5-6,8-17,28-29H,3-4,7,18-19H2,1-2H3,(H,30,31)(H,32,33). The van der Waals surface area contributed by atoms with Gasteiger partial charge in [0, 0.05) is 19.2 Å². The molecule has 1 atom stereocenters. The molecule has 0 saturated heterocycles. The van der Waals surface area contributed by atoms with Crippen molar-refractivity contribution in [1.29, 1.82) is 0 Å². The highest BCUT2D eigenvalue weighted by Gasteiger charge is 2.31. The summed E-state index contributed by atoms with van der Waals surface area (Å²) in [6.45, 7) is 3.80. The Bertz CT molecular complexity index is 1290. The number of carbonyl (C=O) groups excluding carboxylic acids is 1. The number of aliphatic carboxylic acids is 1. The zero-order valence-electron chi connectivity index (χ0n) is 20.5. The molecule has 8 heteroatoms. The third kappa shape index (κ3) is 7.26. The summed E-state index contributed by atoms with van der Waals surface area (Å²) in [6.07, 6.45) is 2.93. The number of carboxylic acid groups (broad SMARTS) is 1. The monoisotopic (exact) mass is 508 g/mol. The molecule has 0 heterocycles. The highest BCUT2D eigenvalue weighted by molar-refractivity contribution is 7.91. The van der Waals surface area contributed by atoms with Gasteiger partial charge in [0.05, 0.1) is 11.3 Å². The Morgan fingerprint density at radius 1 is 0.917 bits per heavy atom. The fourth-order valence-corrected chi connectivity index (χ4v) is 5.64. The molecule has 3 aromatic rings. The van der Waals surface area contributed by atoms with E-state index in [1.54, 1.807) is 24.3 Å². The van der Waals surface area contributed by atoms with E-state index in [1.165, 1.54) is 36.8 Å². The molecule has 0 fully saturated rings. The number of unbranched alkanes of at least 4 members (excludes halogenated alkanes) is 1. The maximum absolute atomic E-state index is 13.8. The molecule has 1 unspecified atom stereocenters. The second-order valence-electron chi connectivity index (χ2n) is 8.70. The van der Waals surface area contributed by atoms with Crippen LogP contribution in [0.2, 0.25) is 0 Å².